The molecule has 1 N–H and O–H groups in total. The molecule has 0 bridgehead atoms. The van der Waals surface area contributed by atoms with E-state index in [1.807, 2.05) is 6.92 Å². The van der Waals surface area contributed by atoms with Crippen LogP contribution in [-0.2, 0) is 6.18 Å². The first-order valence-electron chi connectivity index (χ1n) is 6.48. The predicted octanol–water partition coefficient (Wildman–Crippen LogP) is 5.74. The van der Waals surface area contributed by atoms with Gasteiger partial charge in [0.1, 0.15) is 0 Å². The predicted molar refractivity (Wildman–Crippen MR) is 73.7 cm³/mol. The van der Waals surface area contributed by atoms with Gasteiger partial charge in [-0.05, 0) is 31.5 Å². The van der Waals surface area contributed by atoms with Crippen molar-refractivity contribution in [3.63, 3.8) is 0 Å². The summed E-state index contributed by atoms with van der Waals surface area (Å²) in [6.07, 6.45) is -0.118. The average Bonchev–Trinajstić information content (AvgIpc) is 2.31. The SMILES string of the molecule is CCCCCC(C)Nc1cc(C(F)(F)F)ccc1Cl. The fourth-order valence-electron chi connectivity index (χ4n) is 1.85. The standard InChI is InChI=1S/C14H19ClF3N/c1-3-4-5-6-10(2)19-13-9-11(14(16,17)18)7-8-12(13)15/h7-10,19H,3-6H2,1-2H3. The molecule has 5 heteroatoms. The Hall–Kier alpha value is -0.900. The summed E-state index contributed by atoms with van der Waals surface area (Å²) in [7, 11) is 0. The Balaban J connectivity index is 2.71. The molecule has 0 amide bonds. The van der Waals surface area contributed by atoms with Crippen molar-refractivity contribution >= 4 is 17.3 Å². The van der Waals surface area contributed by atoms with Crippen molar-refractivity contribution in [2.45, 2.75) is 51.7 Å². The number of halogens is 4. The van der Waals surface area contributed by atoms with E-state index in [1.54, 1.807) is 0 Å². The van der Waals surface area contributed by atoms with Crippen LogP contribution in [0.3, 0.4) is 0 Å². The third kappa shape index (κ3) is 5.31. The number of nitrogens with one attached hydrogen (secondary N) is 1. The highest BCUT2D eigenvalue weighted by Gasteiger charge is 2.31. The number of hydrogen-bond donors (Lipinski definition) is 1. The average molecular weight is 294 g/mol. The molecule has 1 unspecified atom stereocenters. The number of hydrogen-bond acceptors (Lipinski definition) is 1. The molecule has 0 radical (unpaired) electrons. The second-order valence-corrected chi connectivity index (χ2v) is 5.14. The van der Waals surface area contributed by atoms with Crippen molar-refractivity contribution in [3.05, 3.63) is 28.8 Å². The van der Waals surface area contributed by atoms with E-state index in [-0.39, 0.29) is 6.04 Å². The fraction of sp³-hybridized carbons (Fsp3) is 0.571. The zero-order chi connectivity index (χ0) is 14.5. The molecule has 0 spiro atoms. The van der Waals surface area contributed by atoms with E-state index in [4.69, 9.17) is 11.6 Å². The molecule has 0 aliphatic rings. The third-order valence-electron chi connectivity index (χ3n) is 2.94. The van der Waals surface area contributed by atoms with Crippen LogP contribution in [0.15, 0.2) is 18.2 Å². The molecule has 0 saturated heterocycles. The lowest BCUT2D eigenvalue weighted by atomic mass is 10.1. The summed E-state index contributed by atoms with van der Waals surface area (Å²) in [5, 5.41) is 3.36. The van der Waals surface area contributed by atoms with Crippen LogP contribution in [0.25, 0.3) is 0 Å². The Morgan fingerprint density at radius 3 is 2.53 bits per heavy atom. The molecule has 0 aliphatic heterocycles. The molecule has 0 saturated carbocycles. The molecular formula is C14H19ClF3N. The third-order valence-corrected chi connectivity index (χ3v) is 3.27. The molecule has 0 fully saturated rings. The molecule has 0 aromatic heterocycles. The van der Waals surface area contributed by atoms with Crippen LogP contribution in [-0.4, -0.2) is 6.04 Å². The first-order chi connectivity index (χ1) is 8.84. The highest BCUT2D eigenvalue weighted by Crippen LogP contribution is 2.34. The van der Waals surface area contributed by atoms with Gasteiger partial charge in [0.15, 0.2) is 0 Å². The second-order valence-electron chi connectivity index (χ2n) is 4.73. The Bertz CT molecular complexity index is 404. The van der Waals surface area contributed by atoms with E-state index in [2.05, 4.69) is 12.2 Å². The zero-order valence-electron chi connectivity index (χ0n) is 11.1. The van der Waals surface area contributed by atoms with Gasteiger partial charge in [-0.2, -0.15) is 13.2 Å². The first-order valence-corrected chi connectivity index (χ1v) is 6.85. The van der Waals surface area contributed by atoms with Gasteiger partial charge in [-0.1, -0.05) is 37.8 Å². The maximum absolute atomic E-state index is 12.6. The van der Waals surface area contributed by atoms with Crippen molar-refractivity contribution in [1.29, 1.82) is 0 Å². The van der Waals surface area contributed by atoms with Crippen molar-refractivity contribution in [1.82, 2.24) is 0 Å². The lowest BCUT2D eigenvalue weighted by Gasteiger charge is -2.17. The molecule has 1 atom stereocenters. The lowest BCUT2D eigenvalue weighted by Crippen LogP contribution is -2.16. The van der Waals surface area contributed by atoms with Crippen molar-refractivity contribution in [3.8, 4) is 0 Å². The minimum atomic E-state index is -4.34. The van der Waals surface area contributed by atoms with Crippen molar-refractivity contribution in [2.24, 2.45) is 0 Å². The fourth-order valence-corrected chi connectivity index (χ4v) is 2.02. The molecule has 0 heterocycles. The van der Waals surface area contributed by atoms with Crippen LogP contribution in [0.1, 0.15) is 45.1 Å². The second kappa shape index (κ2) is 7.04. The maximum Gasteiger partial charge on any atom is 0.416 e. The highest BCUT2D eigenvalue weighted by molar-refractivity contribution is 6.33. The van der Waals surface area contributed by atoms with E-state index in [0.717, 1.165) is 37.8 Å². The van der Waals surface area contributed by atoms with Gasteiger partial charge in [0.25, 0.3) is 0 Å². The van der Waals surface area contributed by atoms with Crippen molar-refractivity contribution in [2.75, 3.05) is 5.32 Å². The smallest absolute Gasteiger partial charge is 0.381 e. The number of benzene rings is 1. The lowest BCUT2D eigenvalue weighted by molar-refractivity contribution is -0.137. The Kier molecular flexibility index (Phi) is 5.98. The van der Waals surface area contributed by atoms with Crippen LogP contribution in [0.4, 0.5) is 18.9 Å². The van der Waals surface area contributed by atoms with E-state index in [1.165, 1.54) is 6.07 Å². The number of rotatable bonds is 6. The van der Waals surface area contributed by atoms with Crippen LogP contribution in [0.2, 0.25) is 5.02 Å². The topological polar surface area (TPSA) is 12.0 Å². The molecule has 1 aromatic carbocycles. The van der Waals surface area contributed by atoms with Gasteiger partial charge >= 0.3 is 6.18 Å². The molecule has 1 nitrogen and oxygen atoms in total. The molecular weight excluding hydrogens is 275 g/mol. The van der Waals surface area contributed by atoms with Gasteiger partial charge < -0.3 is 5.32 Å². The summed E-state index contributed by atoms with van der Waals surface area (Å²) >= 11 is 5.92. The monoisotopic (exact) mass is 293 g/mol. The van der Waals surface area contributed by atoms with Gasteiger partial charge in [-0.15, -0.1) is 0 Å². The maximum atomic E-state index is 12.6. The summed E-state index contributed by atoms with van der Waals surface area (Å²) in [5.74, 6) is 0. The summed E-state index contributed by atoms with van der Waals surface area (Å²) in [5.41, 5.74) is -0.333. The summed E-state index contributed by atoms with van der Waals surface area (Å²) in [6.45, 7) is 4.06. The largest absolute Gasteiger partial charge is 0.416 e. The van der Waals surface area contributed by atoms with Gasteiger partial charge in [0.2, 0.25) is 0 Å². The van der Waals surface area contributed by atoms with Gasteiger partial charge in [-0.3, -0.25) is 0 Å². The Morgan fingerprint density at radius 2 is 1.95 bits per heavy atom. The Morgan fingerprint density at radius 1 is 1.26 bits per heavy atom. The van der Waals surface area contributed by atoms with E-state index >= 15 is 0 Å². The van der Waals surface area contributed by atoms with Gasteiger partial charge in [0, 0.05) is 6.04 Å². The summed E-state index contributed by atoms with van der Waals surface area (Å²) < 4.78 is 37.8. The molecule has 0 aliphatic carbocycles. The van der Waals surface area contributed by atoms with E-state index in [9.17, 15) is 13.2 Å². The molecule has 108 valence electrons. The van der Waals surface area contributed by atoms with Gasteiger partial charge in [0.05, 0.1) is 16.3 Å². The normalized spacial score (nSPS) is 13.4. The number of alkyl halides is 3. The highest BCUT2D eigenvalue weighted by atomic mass is 35.5. The molecule has 1 rings (SSSR count). The van der Waals surface area contributed by atoms with Crippen molar-refractivity contribution < 1.29 is 13.2 Å². The quantitative estimate of drug-likeness (QED) is 0.660. The Labute approximate surface area is 117 Å². The van der Waals surface area contributed by atoms with Crippen LogP contribution < -0.4 is 5.32 Å². The van der Waals surface area contributed by atoms with Crippen LogP contribution >= 0.6 is 11.6 Å². The van der Waals surface area contributed by atoms with E-state index in [0.29, 0.717) is 10.7 Å². The minimum absolute atomic E-state index is 0.104. The zero-order valence-corrected chi connectivity index (χ0v) is 11.9. The minimum Gasteiger partial charge on any atom is -0.381 e. The first kappa shape index (κ1) is 16.2. The van der Waals surface area contributed by atoms with Crippen LogP contribution in [0, 0.1) is 0 Å². The molecule has 19 heavy (non-hydrogen) atoms. The number of unbranched alkanes of at least 4 members (excludes halogenated alkanes) is 2. The number of anilines is 1. The summed E-state index contributed by atoms with van der Waals surface area (Å²) in [4.78, 5) is 0. The van der Waals surface area contributed by atoms with E-state index < -0.39 is 11.7 Å². The van der Waals surface area contributed by atoms with Gasteiger partial charge in [-0.25, -0.2) is 0 Å². The van der Waals surface area contributed by atoms with Crippen LogP contribution in [0.5, 0.6) is 0 Å². The molecule has 1 aromatic rings. The summed E-state index contributed by atoms with van der Waals surface area (Å²) in [6, 6.07) is 3.45.